The fourth-order valence-electron chi connectivity index (χ4n) is 3.44. The van der Waals surface area contributed by atoms with Crippen molar-refractivity contribution in [2.24, 2.45) is 0 Å². The summed E-state index contributed by atoms with van der Waals surface area (Å²) in [5.74, 6) is 1.12. The first kappa shape index (κ1) is 19.4. The lowest BCUT2D eigenvalue weighted by atomic mass is 9.97. The Morgan fingerprint density at radius 2 is 2.15 bits per heavy atom. The van der Waals surface area contributed by atoms with E-state index in [1.54, 1.807) is 36.0 Å². The molecule has 1 N–H and O–H groups in total. The molecule has 1 fully saturated rings. The second kappa shape index (κ2) is 8.56. The second-order valence-corrected chi connectivity index (χ2v) is 7.41. The van der Waals surface area contributed by atoms with Crippen molar-refractivity contribution in [1.82, 2.24) is 19.7 Å². The maximum absolute atomic E-state index is 12.7. The van der Waals surface area contributed by atoms with Gasteiger partial charge in [-0.3, -0.25) is 4.79 Å². The summed E-state index contributed by atoms with van der Waals surface area (Å²) in [4.78, 5) is 26.1. The molecule has 1 aliphatic heterocycles. The summed E-state index contributed by atoms with van der Waals surface area (Å²) in [6.07, 6.45) is 3.92. The number of thioether (sulfide) groups is 1. The van der Waals surface area contributed by atoms with Gasteiger partial charge in [-0.05, 0) is 45.1 Å². The molecule has 0 spiro atoms. The lowest BCUT2D eigenvalue weighted by Gasteiger charge is -2.32. The lowest BCUT2D eigenvalue weighted by Crippen LogP contribution is -2.42. The number of hydrogen-bond donors (Lipinski definition) is 1. The summed E-state index contributed by atoms with van der Waals surface area (Å²) in [6.45, 7) is 5.75. The number of rotatable bonds is 5. The van der Waals surface area contributed by atoms with Crippen LogP contribution in [0.4, 0.5) is 10.5 Å². The van der Waals surface area contributed by atoms with Crippen LogP contribution >= 0.6 is 11.8 Å². The van der Waals surface area contributed by atoms with Gasteiger partial charge in [-0.1, -0.05) is 23.9 Å². The Hall–Kier alpha value is -2.35. The maximum atomic E-state index is 12.7. The predicted octanol–water partition coefficient (Wildman–Crippen LogP) is 3.63. The Labute approximate surface area is 163 Å². The van der Waals surface area contributed by atoms with Gasteiger partial charge >= 0.3 is 6.03 Å². The van der Waals surface area contributed by atoms with Crippen LogP contribution in [0.2, 0.25) is 0 Å². The number of urea groups is 1. The zero-order valence-electron chi connectivity index (χ0n) is 15.9. The molecule has 8 heteroatoms. The van der Waals surface area contributed by atoms with Crippen LogP contribution in [0.1, 0.15) is 48.8 Å². The van der Waals surface area contributed by atoms with Crippen molar-refractivity contribution in [2.45, 2.75) is 44.3 Å². The summed E-state index contributed by atoms with van der Waals surface area (Å²) in [6, 6.07) is 6.88. The van der Waals surface area contributed by atoms with Crippen molar-refractivity contribution in [3.8, 4) is 0 Å². The number of ketones is 1. The summed E-state index contributed by atoms with van der Waals surface area (Å²) in [7, 11) is 0. The molecule has 1 aromatic carbocycles. The standard InChI is InChI=1S/C19H25N5O2S/c1-4-24-17(21-22-19(24)27-3)15-8-6-10-23(12-15)18(26)20-16-9-5-7-14(11-16)13(2)25/h5,7,9,11,15H,4,6,8,10,12H2,1-3H3,(H,20,26). The van der Waals surface area contributed by atoms with Crippen LogP contribution < -0.4 is 5.32 Å². The van der Waals surface area contributed by atoms with Gasteiger partial charge in [0.2, 0.25) is 0 Å². The molecule has 0 radical (unpaired) electrons. The van der Waals surface area contributed by atoms with E-state index in [1.807, 2.05) is 11.2 Å². The van der Waals surface area contributed by atoms with E-state index < -0.39 is 0 Å². The van der Waals surface area contributed by atoms with Gasteiger partial charge in [-0.2, -0.15) is 0 Å². The van der Waals surface area contributed by atoms with Gasteiger partial charge in [0.05, 0.1) is 0 Å². The minimum absolute atomic E-state index is 0.0207. The number of aromatic nitrogens is 3. The number of piperidine rings is 1. The minimum Gasteiger partial charge on any atom is -0.324 e. The van der Waals surface area contributed by atoms with E-state index in [0.717, 1.165) is 30.4 Å². The fourth-order valence-corrected chi connectivity index (χ4v) is 4.01. The molecule has 144 valence electrons. The smallest absolute Gasteiger partial charge is 0.321 e. The van der Waals surface area contributed by atoms with Crippen LogP contribution in [-0.4, -0.2) is 50.8 Å². The Bertz CT molecular complexity index is 835. The van der Waals surface area contributed by atoms with Crippen LogP contribution in [0, 0.1) is 0 Å². The van der Waals surface area contributed by atoms with Crippen LogP contribution in [0.5, 0.6) is 0 Å². The molecule has 1 aromatic heterocycles. The third kappa shape index (κ3) is 4.32. The van der Waals surface area contributed by atoms with Gasteiger partial charge in [0.25, 0.3) is 0 Å². The fraction of sp³-hybridized carbons (Fsp3) is 0.474. The Morgan fingerprint density at radius 1 is 1.33 bits per heavy atom. The van der Waals surface area contributed by atoms with E-state index in [2.05, 4.69) is 27.0 Å². The highest BCUT2D eigenvalue weighted by molar-refractivity contribution is 7.98. The number of amides is 2. The van der Waals surface area contributed by atoms with E-state index in [9.17, 15) is 9.59 Å². The quantitative estimate of drug-likeness (QED) is 0.626. The normalized spacial score (nSPS) is 17.0. The SMILES string of the molecule is CCn1c(SC)nnc1C1CCCN(C(=O)Nc2cccc(C(C)=O)c2)C1. The highest BCUT2D eigenvalue weighted by atomic mass is 32.2. The number of anilines is 1. The summed E-state index contributed by atoms with van der Waals surface area (Å²) < 4.78 is 2.13. The highest BCUT2D eigenvalue weighted by Gasteiger charge is 2.29. The number of benzene rings is 1. The molecule has 0 aliphatic carbocycles. The van der Waals surface area contributed by atoms with Crippen molar-refractivity contribution in [2.75, 3.05) is 24.7 Å². The van der Waals surface area contributed by atoms with Gasteiger partial charge in [0.15, 0.2) is 10.9 Å². The molecular weight excluding hydrogens is 362 g/mol. The van der Waals surface area contributed by atoms with Crippen LogP contribution in [-0.2, 0) is 6.54 Å². The van der Waals surface area contributed by atoms with Crippen molar-refractivity contribution in [3.05, 3.63) is 35.7 Å². The molecule has 1 aliphatic rings. The topological polar surface area (TPSA) is 80.1 Å². The van der Waals surface area contributed by atoms with Crippen LogP contribution in [0.3, 0.4) is 0 Å². The zero-order chi connectivity index (χ0) is 19.4. The first-order valence-electron chi connectivity index (χ1n) is 9.17. The molecule has 0 saturated carbocycles. The molecule has 7 nitrogen and oxygen atoms in total. The summed E-state index contributed by atoms with van der Waals surface area (Å²) in [5, 5.41) is 12.5. The van der Waals surface area contributed by atoms with Gasteiger partial charge in [0.1, 0.15) is 5.82 Å². The van der Waals surface area contributed by atoms with Gasteiger partial charge in [-0.15, -0.1) is 10.2 Å². The number of likely N-dealkylation sites (tertiary alicyclic amines) is 1. The molecule has 0 bridgehead atoms. The molecule has 27 heavy (non-hydrogen) atoms. The van der Waals surface area contributed by atoms with Gasteiger partial charge in [0, 0.05) is 36.8 Å². The third-order valence-corrected chi connectivity index (χ3v) is 5.51. The predicted molar refractivity (Wildman–Crippen MR) is 106 cm³/mol. The lowest BCUT2D eigenvalue weighted by molar-refractivity contribution is 0.101. The highest BCUT2D eigenvalue weighted by Crippen LogP contribution is 2.28. The van der Waals surface area contributed by atoms with E-state index in [4.69, 9.17) is 0 Å². The number of carbonyl (C=O) groups is 2. The van der Waals surface area contributed by atoms with E-state index in [-0.39, 0.29) is 17.7 Å². The van der Waals surface area contributed by atoms with Crippen molar-refractivity contribution < 1.29 is 9.59 Å². The molecular formula is C19H25N5O2S. The molecule has 2 aromatic rings. The van der Waals surface area contributed by atoms with Crippen LogP contribution in [0.25, 0.3) is 0 Å². The average molecular weight is 388 g/mol. The second-order valence-electron chi connectivity index (χ2n) is 6.64. The maximum Gasteiger partial charge on any atom is 0.321 e. The van der Waals surface area contributed by atoms with Crippen LogP contribution in [0.15, 0.2) is 29.4 Å². The monoisotopic (exact) mass is 387 g/mol. The van der Waals surface area contributed by atoms with E-state index >= 15 is 0 Å². The molecule has 3 rings (SSSR count). The number of hydrogen-bond acceptors (Lipinski definition) is 5. The molecule has 1 saturated heterocycles. The summed E-state index contributed by atoms with van der Waals surface area (Å²) >= 11 is 1.59. The summed E-state index contributed by atoms with van der Waals surface area (Å²) in [5.41, 5.74) is 1.22. The van der Waals surface area contributed by atoms with Crippen molar-refractivity contribution >= 4 is 29.3 Å². The average Bonchev–Trinajstić information content (AvgIpc) is 3.11. The molecule has 2 heterocycles. The number of carbonyl (C=O) groups excluding carboxylic acids is 2. The minimum atomic E-state index is -0.145. The zero-order valence-corrected chi connectivity index (χ0v) is 16.8. The Kier molecular flexibility index (Phi) is 6.15. The number of nitrogens with one attached hydrogen (secondary N) is 1. The first-order valence-corrected chi connectivity index (χ1v) is 10.4. The number of nitrogens with zero attached hydrogens (tertiary/aromatic N) is 4. The Morgan fingerprint density at radius 3 is 2.85 bits per heavy atom. The molecule has 2 amide bonds. The van der Waals surface area contributed by atoms with E-state index in [1.165, 1.54) is 6.92 Å². The third-order valence-electron chi connectivity index (χ3n) is 4.84. The largest absolute Gasteiger partial charge is 0.324 e. The number of Topliss-reactive ketones (excluding diaryl/α,β-unsaturated/α-hetero) is 1. The molecule has 1 atom stereocenters. The first-order chi connectivity index (χ1) is 13.0. The van der Waals surface area contributed by atoms with Crippen molar-refractivity contribution in [3.63, 3.8) is 0 Å². The molecule has 1 unspecified atom stereocenters. The van der Waals surface area contributed by atoms with Crippen molar-refractivity contribution in [1.29, 1.82) is 0 Å². The Balaban J connectivity index is 1.71. The van der Waals surface area contributed by atoms with Gasteiger partial charge < -0.3 is 14.8 Å². The van der Waals surface area contributed by atoms with Gasteiger partial charge in [-0.25, -0.2) is 4.79 Å². The van der Waals surface area contributed by atoms with E-state index in [0.29, 0.717) is 24.3 Å².